The first-order chi connectivity index (χ1) is 17.0. The van der Waals surface area contributed by atoms with E-state index in [1.165, 1.54) is 10.5 Å². The molecular weight excluding hydrogens is 442 g/mol. The fourth-order valence-corrected chi connectivity index (χ4v) is 5.38. The number of urea groups is 1. The predicted octanol–water partition coefficient (Wildman–Crippen LogP) is 4.13. The van der Waals surface area contributed by atoms with Gasteiger partial charge in [-0.25, -0.2) is 4.79 Å². The number of imide groups is 1. The fraction of sp³-hybridized carbons (Fsp3) is 0.500. The van der Waals surface area contributed by atoms with Crippen LogP contribution < -0.4 is 4.74 Å². The number of ether oxygens (including phenoxy) is 2. The van der Waals surface area contributed by atoms with E-state index in [1.54, 1.807) is 14.2 Å². The molecule has 0 N–H and O–H groups in total. The third kappa shape index (κ3) is 5.36. The molecule has 0 aromatic heterocycles. The molecule has 1 spiro atoms. The molecule has 4 rings (SSSR count). The van der Waals surface area contributed by atoms with Crippen molar-refractivity contribution in [3.05, 3.63) is 65.7 Å². The van der Waals surface area contributed by atoms with Crippen LogP contribution in [0.25, 0.3) is 0 Å². The van der Waals surface area contributed by atoms with E-state index in [1.807, 2.05) is 35.2 Å². The molecule has 3 amide bonds. The minimum absolute atomic E-state index is 0.0634. The molecule has 7 nitrogen and oxygen atoms in total. The Morgan fingerprint density at radius 3 is 2.29 bits per heavy atom. The molecule has 7 heteroatoms. The van der Waals surface area contributed by atoms with Gasteiger partial charge in [0.15, 0.2) is 0 Å². The van der Waals surface area contributed by atoms with E-state index in [4.69, 9.17) is 9.47 Å². The summed E-state index contributed by atoms with van der Waals surface area (Å²) >= 11 is 0. The van der Waals surface area contributed by atoms with Crippen LogP contribution in [-0.4, -0.2) is 79.2 Å². The second kappa shape index (κ2) is 11.2. The number of benzene rings is 2. The number of nitrogens with zero attached hydrogens (tertiary/aromatic N) is 3. The lowest BCUT2D eigenvalue weighted by Gasteiger charge is -2.42. The molecule has 0 unspecified atom stereocenters. The van der Waals surface area contributed by atoms with E-state index in [2.05, 4.69) is 36.1 Å². The SMILES string of the molecule is COCCCN1C(=O)N(Cc2ccc(OC)cc2)C(=O)C12CCN(C[C@@H](C)c1ccccc1)CC2. The van der Waals surface area contributed by atoms with Crippen molar-refractivity contribution in [1.82, 2.24) is 14.7 Å². The molecule has 188 valence electrons. The second-order valence-electron chi connectivity index (χ2n) is 9.66. The smallest absolute Gasteiger partial charge is 0.327 e. The molecule has 0 radical (unpaired) electrons. The third-order valence-corrected chi connectivity index (χ3v) is 7.44. The topological polar surface area (TPSA) is 62.3 Å². The van der Waals surface area contributed by atoms with Gasteiger partial charge in [-0.3, -0.25) is 9.69 Å². The number of methoxy groups -OCH3 is 2. The molecule has 2 aromatic carbocycles. The lowest BCUT2D eigenvalue weighted by Crippen LogP contribution is -2.57. The van der Waals surface area contributed by atoms with Crippen LogP contribution in [0.3, 0.4) is 0 Å². The highest BCUT2D eigenvalue weighted by molar-refractivity contribution is 6.07. The van der Waals surface area contributed by atoms with Crippen molar-refractivity contribution in [2.75, 3.05) is 47.0 Å². The van der Waals surface area contributed by atoms with Gasteiger partial charge in [-0.2, -0.15) is 0 Å². The Kier molecular flexibility index (Phi) is 8.08. The minimum atomic E-state index is -0.760. The Hall–Kier alpha value is -2.90. The molecule has 2 heterocycles. The van der Waals surface area contributed by atoms with Gasteiger partial charge in [0.1, 0.15) is 11.3 Å². The van der Waals surface area contributed by atoms with Crippen LogP contribution in [0.4, 0.5) is 4.79 Å². The molecule has 2 aromatic rings. The standard InChI is InChI=1S/C28H37N3O4/c1-22(24-8-5-4-6-9-24)20-29-17-14-28(15-18-29)26(32)30(27(33)31(28)16-7-19-34-2)21-23-10-12-25(35-3)13-11-23/h4-6,8-13,22H,7,14-21H2,1-3H3/t22-/m1/s1. The number of piperidine rings is 1. The fourth-order valence-electron chi connectivity index (χ4n) is 5.38. The van der Waals surface area contributed by atoms with Crippen LogP contribution in [0, 0.1) is 0 Å². The lowest BCUT2D eigenvalue weighted by atomic mass is 9.85. The maximum Gasteiger partial charge on any atom is 0.327 e. The van der Waals surface area contributed by atoms with Crippen molar-refractivity contribution in [3.63, 3.8) is 0 Å². The predicted molar refractivity (Wildman–Crippen MR) is 135 cm³/mol. The molecule has 2 aliphatic heterocycles. The Bertz CT molecular complexity index is 987. The summed E-state index contributed by atoms with van der Waals surface area (Å²) in [7, 11) is 3.28. The zero-order valence-corrected chi connectivity index (χ0v) is 21.1. The van der Waals surface area contributed by atoms with Gasteiger partial charge in [0.05, 0.1) is 13.7 Å². The first-order valence-electron chi connectivity index (χ1n) is 12.5. The number of rotatable bonds is 10. The molecular formula is C28H37N3O4. The highest BCUT2D eigenvalue weighted by Gasteiger charge is 2.57. The average Bonchev–Trinajstić information content (AvgIpc) is 3.07. The number of likely N-dealkylation sites (tertiary alicyclic amines) is 1. The molecule has 0 bridgehead atoms. The average molecular weight is 480 g/mol. The summed E-state index contributed by atoms with van der Waals surface area (Å²) in [4.78, 5) is 33.0. The maximum absolute atomic E-state index is 13.8. The Labute approximate surface area is 208 Å². The summed E-state index contributed by atoms with van der Waals surface area (Å²) in [5.41, 5.74) is 1.48. The number of carbonyl (C=O) groups is 2. The molecule has 0 aliphatic carbocycles. The van der Waals surface area contributed by atoms with Crippen molar-refractivity contribution >= 4 is 11.9 Å². The second-order valence-corrected chi connectivity index (χ2v) is 9.66. The molecule has 2 saturated heterocycles. The summed E-state index contributed by atoms with van der Waals surface area (Å²) in [5, 5.41) is 0. The summed E-state index contributed by atoms with van der Waals surface area (Å²) < 4.78 is 10.5. The number of hydrogen-bond donors (Lipinski definition) is 0. The van der Waals surface area contributed by atoms with E-state index < -0.39 is 5.54 Å². The van der Waals surface area contributed by atoms with Crippen molar-refractivity contribution in [2.24, 2.45) is 0 Å². The van der Waals surface area contributed by atoms with Crippen LogP contribution in [-0.2, 0) is 16.1 Å². The van der Waals surface area contributed by atoms with E-state index in [0.717, 1.165) is 30.9 Å². The first-order valence-corrected chi connectivity index (χ1v) is 12.5. The van der Waals surface area contributed by atoms with Gasteiger partial charge in [-0.05, 0) is 48.4 Å². The van der Waals surface area contributed by atoms with E-state index >= 15 is 0 Å². The normalized spacial score (nSPS) is 18.9. The molecule has 0 saturated carbocycles. The first kappa shape index (κ1) is 25.2. The van der Waals surface area contributed by atoms with Crippen molar-refractivity contribution in [3.8, 4) is 5.75 Å². The molecule has 35 heavy (non-hydrogen) atoms. The van der Waals surface area contributed by atoms with Gasteiger partial charge in [0.2, 0.25) is 0 Å². The maximum atomic E-state index is 13.8. The Morgan fingerprint density at radius 2 is 1.66 bits per heavy atom. The molecule has 2 aliphatic rings. The van der Waals surface area contributed by atoms with Crippen LogP contribution >= 0.6 is 0 Å². The monoisotopic (exact) mass is 479 g/mol. The minimum Gasteiger partial charge on any atom is -0.497 e. The quantitative estimate of drug-likeness (QED) is 0.379. The van der Waals surface area contributed by atoms with Crippen LogP contribution in [0.5, 0.6) is 5.75 Å². The van der Waals surface area contributed by atoms with Crippen LogP contribution in [0.15, 0.2) is 54.6 Å². The number of hydrogen-bond acceptors (Lipinski definition) is 5. The summed E-state index contributed by atoms with van der Waals surface area (Å²) in [6, 6.07) is 17.9. The summed E-state index contributed by atoms with van der Waals surface area (Å²) in [5.74, 6) is 1.10. The van der Waals surface area contributed by atoms with Gasteiger partial charge in [-0.1, -0.05) is 49.4 Å². The van der Waals surface area contributed by atoms with Crippen LogP contribution in [0.1, 0.15) is 43.2 Å². The number of carbonyl (C=O) groups excluding carboxylic acids is 2. The van der Waals surface area contributed by atoms with Gasteiger partial charge < -0.3 is 19.3 Å². The van der Waals surface area contributed by atoms with Gasteiger partial charge in [-0.15, -0.1) is 0 Å². The highest BCUT2D eigenvalue weighted by atomic mass is 16.5. The Morgan fingerprint density at radius 1 is 0.971 bits per heavy atom. The zero-order valence-electron chi connectivity index (χ0n) is 21.1. The van der Waals surface area contributed by atoms with Crippen molar-refractivity contribution < 1.29 is 19.1 Å². The van der Waals surface area contributed by atoms with E-state index in [-0.39, 0.29) is 18.5 Å². The van der Waals surface area contributed by atoms with Gasteiger partial charge in [0, 0.05) is 39.9 Å². The molecule has 2 fully saturated rings. The van der Waals surface area contributed by atoms with Gasteiger partial charge >= 0.3 is 6.03 Å². The lowest BCUT2D eigenvalue weighted by molar-refractivity contribution is -0.136. The van der Waals surface area contributed by atoms with Crippen molar-refractivity contribution in [1.29, 1.82) is 0 Å². The zero-order chi connectivity index (χ0) is 24.8. The van der Waals surface area contributed by atoms with Crippen molar-refractivity contribution in [2.45, 2.75) is 44.2 Å². The number of amides is 3. The molecule has 1 atom stereocenters. The summed E-state index contributed by atoms with van der Waals surface area (Å²) in [6.45, 7) is 6.16. The van der Waals surface area contributed by atoms with Crippen LogP contribution in [0.2, 0.25) is 0 Å². The summed E-state index contributed by atoms with van der Waals surface area (Å²) in [6.07, 6.45) is 2.03. The highest BCUT2D eigenvalue weighted by Crippen LogP contribution is 2.38. The van der Waals surface area contributed by atoms with Gasteiger partial charge in [0.25, 0.3) is 5.91 Å². The Balaban J connectivity index is 1.47. The largest absolute Gasteiger partial charge is 0.497 e. The van der Waals surface area contributed by atoms with E-state index in [0.29, 0.717) is 38.3 Å². The van der Waals surface area contributed by atoms with E-state index in [9.17, 15) is 9.59 Å². The third-order valence-electron chi connectivity index (χ3n) is 7.44.